The molecule has 0 fully saturated rings. The lowest BCUT2D eigenvalue weighted by molar-refractivity contribution is 0.577. The molecule has 1 aromatic heterocycles. The molecular formula is C13H14F2N2. The summed E-state index contributed by atoms with van der Waals surface area (Å²) in [5.74, 6) is -0.830. The Morgan fingerprint density at radius 2 is 2.06 bits per heavy atom. The van der Waals surface area contributed by atoms with Crippen molar-refractivity contribution in [2.75, 3.05) is 0 Å². The molecule has 0 aliphatic heterocycles. The van der Waals surface area contributed by atoms with Crippen molar-refractivity contribution >= 4 is 0 Å². The molecule has 1 heterocycles. The van der Waals surface area contributed by atoms with Gasteiger partial charge < -0.3 is 10.3 Å². The summed E-state index contributed by atoms with van der Waals surface area (Å²) >= 11 is 0. The Bertz CT molecular complexity index is 518. The molecule has 0 amide bonds. The van der Waals surface area contributed by atoms with Crippen molar-refractivity contribution in [2.45, 2.75) is 19.5 Å². The van der Waals surface area contributed by atoms with Gasteiger partial charge in [-0.1, -0.05) is 0 Å². The van der Waals surface area contributed by atoms with Crippen molar-refractivity contribution in [1.29, 1.82) is 0 Å². The molecule has 0 saturated carbocycles. The summed E-state index contributed by atoms with van der Waals surface area (Å²) in [5.41, 5.74) is 7.03. The number of nitrogens with zero attached hydrogens (tertiary/aromatic N) is 1. The minimum atomic E-state index is -0.430. The summed E-state index contributed by atoms with van der Waals surface area (Å²) in [6, 6.07) is 5.28. The maximum atomic E-state index is 13.4. The normalized spacial score (nSPS) is 12.7. The Labute approximate surface area is 98.7 Å². The van der Waals surface area contributed by atoms with Gasteiger partial charge in [0.15, 0.2) is 0 Å². The minimum Gasteiger partial charge on any atom is -0.349 e. The monoisotopic (exact) mass is 236 g/mol. The van der Waals surface area contributed by atoms with Gasteiger partial charge in [-0.05, 0) is 36.8 Å². The average molecular weight is 236 g/mol. The van der Waals surface area contributed by atoms with Crippen molar-refractivity contribution in [3.63, 3.8) is 0 Å². The van der Waals surface area contributed by atoms with Gasteiger partial charge in [-0.15, -0.1) is 0 Å². The Balaban J connectivity index is 2.22. The average Bonchev–Trinajstić information content (AvgIpc) is 2.72. The molecule has 2 rings (SSSR count). The van der Waals surface area contributed by atoms with E-state index in [-0.39, 0.29) is 6.04 Å². The van der Waals surface area contributed by atoms with Gasteiger partial charge >= 0.3 is 0 Å². The quantitative estimate of drug-likeness (QED) is 0.872. The SMILES string of the molecule is CC(N)c1ccn(Cc2cc(F)ccc2F)c1. The summed E-state index contributed by atoms with van der Waals surface area (Å²) in [6.07, 6.45) is 3.65. The van der Waals surface area contributed by atoms with E-state index >= 15 is 0 Å². The van der Waals surface area contributed by atoms with Crippen molar-refractivity contribution in [3.8, 4) is 0 Å². The molecule has 1 atom stereocenters. The van der Waals surface area contributed by atoms with Gasteiger partial charge in [-0.25, -0.2) is 8.78 Å². The topological polar surface area (TPSA) is 30.9 Å². The van der Waals surface area contributed by atoms with Crippen LogP contribution >= 0.6 is 0 Å². The van der Waals surface area contributed by atoms with Crippen LogP contribution in [0.4, 0.5) is 8.78 Å². The molecule has 0 saturated heterocycles. The highest BCUT2D eigenvalue weighted by Gasteiger charge is 2.06. The lowest BCUT2D eigenvalue weighted by Crippen LogP contribution is -2.04. The van der Waals surface area contributed by atoms with Crippen LogP contribution in [0, 0.1) is 11.6 Å². The molecule has 2 aromatic rings. The highest BCUT2D eigenvalue weighted by atomic mass is 19.1. The van der Waals surface area contributed by atoms with E-state index in [1.807, 2.05) is 25.4 Å². The number of halogens is 2. The number of aromatic nitrogens is 1. The first-order valence-corrected chi connectivity index (χ1v) is 5.41. The molecule has 0 aliphatic rings. The summed E-state index contributed by atoms with van der Waals surface area (Å²) in [4.78, 5) is 0. The fourth-order valence-electron chi connectivity index (χ4n) is 1.69. The Morgan fingerprint density at radius 3 is 2.71 bits per heavy atom. The van der Waals surface area contributed by atoms with E-state index < -0.39 is 11.6 Å². The van der Waals surface area contributed by atoms with Crippen molar-refractivity contribution < 1.29 is 8.78 Å². The van der Waals surface area contributed by atoms with Crippen LogP contribution < -0.4 is 5.73 Å². The molecule has 90 valence electrons. The highest BCUT2D eigenvalue weighted by Crippen LogP contribution is 2.14. The van der Waals surface area contributed by atoms with Crippen LogP contribution in [-0.2, 0) is 6.54 Å². The van der Waals surface area contributed by atoms with Crippen LogP contribution in [0.15, 0.2) is 36.7 Å². The van der Waals surface area contributed by atoms with Gasteiger partial charge in [0.25, 0.3) is 0 Å². The third-order valence-electron chi connectivity index (χ3n) is 2.66. The standard InChI is InChI=1S/C13H14F2N2/c1-9(16)10-4-5-17(7-10)8-11-6-12(14)2-3-13(11)15/h2-7,9H,8,16H2,1H3. The van der Waals surface area contributed by atoms with Crippen LogP contribution in [0.3, 0.4) is 0 Å². The number of benzene rings is 1. The molecule has 4 heteroatoms. The lowest BCUT2D eigenvalue weighted by Gasteiger charge is -2.05. The van der Waals surface area contributed by atoms with Crippen LogP contribution in [0.5, 0.6) is 0 Å². The van der Waals surface area contributed by atoms with Crippen LogP contribution in [0.25, 0.3) is 0 Å². The third-order valence-corrected chi connectivity index (χ3v) is 2.66. The Hall–Kier alpha value is -1.68. The Morgan fingerprint density at radius 1 is 1.29 bits per heavy atom. The van der Waals surface area contributed by atoms with E-state index in [9.17, 15) is 8.78 Å². The molecule has 1 aromatic carbocycles. The fraction of sp³-hybridized carbons (Fsp3) is 0.231. The molecule has 2 nitrogen and oxygen atoms in total. The maximum absolute atomic E-state index is 13.4. The van der Waals surface area contributed by atoms with Crippen LogP contribution in [0.1, 0.15) is 24.1 Å². The van der Waals surface area contributed by atoms with E-state index in [0.29, 0.717) is 12.1 Å². The highest BCUT2D eigenvalue weighted by molar-refractivity contribution is 5.21. The molecule has 0 aliphatic carbocycles. The zero-order chi connectivity index (χ0) is 12.4. The Kier molecular flexibility index (Phi) is 3.24. The fourth-order valence-corrected chi connectivity index (χ4v) is 1.69. The predicted octanol–water partition coefficient (Wildman–Crippen LogP) is 2.83. The smallest absolute Gasteiger partial charge is 0.128 e. The van der Waals surface area contributed by atoms with Crippen LogP contribution in [0.2, 0.25) is 0 Å². The molecular weight excluding hydrogens is 222 g/mol. The molecule has 1 unspecified atom stereocenters. The van der Waals surface area contributed by atoms with Gasteiger partial charge in [0.1, 0.15) is 11.6 Å². The van der Waals surface area contributed by atoms with Gasteiger partial charge in [0.2, 0.25) is 0 Å². The van der Waals surface area contributed by atoms with E-state index in [4.69, 9.17) is 5.73 Å². The van der Waals surface area contributed by atoms with Gasteiger partial charge in [-0.3, -0.25) is 0 Å². The second-order valence-corrected chi connectivity index (χ2v) is 4.14. The summed E-state index contributed by atoms with van der Waals surface area (Å²) in [7, 11) is 0. The first-order valence-electron chi connectivity index (χ1n) is 5.41. The third kappa shape index (κ3) is 2.71. The van der Waals surface area contributed by atoms with E-state index in [2.05, 4.69) is 0 Å². The van der Waals surface area contributed by atoms with E-state index in [1.165, 1.54) is 6.07 Å². The van der Waals surface area contributed by atoms with Crippen molar-refractivity contribution in [3.05, 3.63) is 59.4 Å². The van der Waals surface area contributed by atoms with Crippen molar-refractivity contribution in [1.82, 2.24) is 4.57 Å². The van der Waals surface area contributed by atoms with Gasteiger partial charge in [0.05, 0.1) is 0 Å². The summed E-state index contributed by atoms with van der Waals surface area (Å²) in [5, 5.41) is 0. The second kappa shape index (κ2) is 4.67. The lowest BCUT2D eigenvalue weighted by atomic mass is 10.2. The second-order valence-electron chi connectivity index (χ2n) is 4.14. The summed E-state index contributed by atoms with van der Waals surface area (Å²) in [6.45, 7) is 2.18. The first kappa shape index (κ1) is 11.8. The minimum absolute atomic E-state index is 0.0615. The van der Waals surface area contributed by atoms with Crippen molar-refractivity contribution in [2.24, 2.45) is 5.73 Å². The van der Waals surface area contributed by atoms with Gasteiger partial charge in [-0.2, -0.15) is 0 Å². The summed E-state index contributed by atoms with van der Waals surface area (Å²) < 4.78 is 28.2. The van der Waals surface area contributed by atoms with Gasteiger partial charge in [0, 0.05) is 30.5 Å². The number of rotatable bonds is 3. The predicted molar refractivity (Wildman–Crippen MR) is 62.5 cm³/mol. The molecule has 17 heavy (non-hydrogen) atoms. The largest absolute Gasteiger partial charge is 0.349 e. The maximum Gasteiger partial charge on any atom is 0.128 e. The van der Waals surface area contributed by atoms with E-state index in [0.717, 1.165) is 17.7 Å². The molecule has 0 radical (unpaired) electrons. The zero-order valence-electron chi connectivity index (χ0n) is 9.53. The van der Waals surface area contributed by atoms with E-state index in [1.54, 1.807) is 4.57 Å². The van der Waals surface area contributed by atoms with Crippen LogP contribution in [-0.4, -0.2) is 4.57 Å². The number of hydrogen-bond donors (Lipinski definition) is 1. The zero-order valence-corrected chi connectivity index (χ0v) is 9.53. The molecule has 2 N–H and O–H groups in total. The number of nitrogens with two attached hydrogens (primary N) is 1. The number of hydrogen-bond acceptors (Lipinski definition) is 1. The molecule has 0 spiro atoms. The first-order chi connectivity index (χ1) is 8.06. The molecule has 0 bridgehead atoms.